The second-order valence-corrected chi connectivity index (χ2v) is 7.10. The number of carbonyl (C=O) groups excluding carboxylic acids is 2. The molecule has 3 aromatic rings. The Balaban J connectivity index is 1.55. The predicted octanol–water partition coefficient (Wildman–Crippen LogP) is 5.07. The van der Waals surface area contributed by atoms with E-state index in [2.05, 4.69) is 5.32 Å². The van der Waals surface area contributed by atoms with Crippen molar-refractivity contribution in [2.24, 2.45) is 0 Å². The van der Waals surface area contributed by atoms with Gasteiger partial charge >= 0.3 is 5.97 Å². The van der Waals surface area contributed by atoms with Crippen LogP contribution in [0, 0.1) is 13.8 Å². The van der Waals surface area contributed by atoms with Gasteiger partial charge in [-0.25, -0.2) is 4.79 Å². The Morgan fingerprint density at radius 3 is 2.13 bits per heavy atom. The molecule has 0 saturated heterocycles. The highest BCUT2D eigenvalue weighted by atomic mass is 16.5. The Labute approximate surface area is 176 Å². The molecule has 3 rings (SSSR count). The van der Waals surface area contributed by atoms with Crippen molar-refractivity contribution in [2.75, 3.05) is 5.32 Å². The first-order valence-corrected chi connectivity index (χ1v) is 9.79. The Kier molecular flexibility index (Phi) is 6.86. The van der Waals surface area contributed by atoms with E-state index in [0.717, 1.165) is 28.1 Å². The van der Waals surface area contributed by atoms with Crippen molar-refractivity contribution < 1.29 is 19.1 Å². The molecule has 0 bridgehead atoms. The van der Waals surface area contributed by atoms with Gasteiger partial charge in [0.2, 0.25) is 0 Å². The summed E-state index contributed by atoms with van der Waals surface area (Å²) in [6, 6.07) is 22.2. The van der Waals surface area contributed by atoms with Gasteiger partial charge in [-0.3, -0.25) is 4.79 Å². The molecule has 0 aromatic heterocycles. The van der Waals surface area contributed by atoms with Crippen molar-refractivity contribution in [3.63, 3.8) is 0 Å². The smallest absolute Gasteiger partial charge is 0.338 e. The maximum Gasteiger partial charge on any atom is 0.338 e. The second kappa shape index (κ2) is 9.74. The number of para-hydroxylation sites is 2. The highest BCUT2D eigenvalue weighted by Crippen LogP contribution is 2.20. The van der Waals surface area contributed by atoms with Gasteiger partial charge in [0, 0.05) is 5.69 Å². The number of aryl methyl sites for hydroxylation is 2. The summed E-state index contributed by atoms with van der Waals surface area (Å²) in [7, 11) is 0. The molecular formula is C25H25NO4. The molecule has 1 amide bonds. The normalized spacial score (nSPS) is 11.4. The number of esters is 1. The van der Waals surface area contributed by atoms with Crippen LogP contribution < -0.4 is 10.1 Å². The monoisotopic (exact) mass is 403 g/mol. The molecular weight excluding hydrogens is 378 g/mol. The van der Waals surface area contributed by atoms with Gasteiger partial charge in [0.15, 0.2) is 6.10 Å². The number of amides is 1. The fourth-order valence-electron chi connectivity index (χ4n) is 2.94. The quantitative estimate of drug-likeness (QED) is 0.560. The van der Waals surface area contributed by atoms with Crippen LogP contribution in [-0.4, -0.2) is 18.0 Å². The minimum absolute atomic E-state index is 0.367. The molecule has 0 aliphatic carbocycles. The van der Waals surface area contributed by atoms with Crippen LogP contribution in [0.25, 0.3) is 0 Å². The first kappa shape index (κ1) is 21.1. The van der Waals surface area contributed by atoms with Crippen LogP contribution >= 0.6 is 0 Å². The number of ether oxygens (including phenoxy) is 2. The zero-order valence-electron chi connectivity index (χ0n) is 17.3. The van der Waals surface area contributed by atoms with E-state index in [9.17, 15) is 9.59 Å². The number of hydrogen-bond donors (Lipinski definition) is 1. The van der Waals surface area contributed by atoms with Gasteiger partial charge in [0.1, 0.15) is 12.4 Å². The van der Waals surface area contributed by atoms with E-state index in [1.807, 2.05) is 62.4 Å². The molecule has 0 unspecified atom stereocenters. The minimum atomic E-state index is -0.919. The van der Waals surface area contributed by atoms with Crippen LogP contribution in [0.2, 0.25) is 0 Å². The molecule has 0 aliphatic heterocycles. The molecule has 0 saturated carbocycles. The Bertz CT molecular complexity index is 993. The summed E-state index contributed by atoms with van der Waals surface area (Å²) >= 11 is 0. The summed E-state index contributed by atoms with van der Waals surface area (Å²) in [6.07, 6.45) is -0.919. The van der Waals surface area contributed by atoms with Crippen LogP contribution in [-0.2, 0) is 16.1 Å². The fraction of sp³-hybridized carbons (Fsp3) is 0.200. The molecule has 5 nitrogen and oxygen atoms in total. The summed E-state index contributed by atoms with van der Waals surface area (Å²) in [5.41, 5.74) is 3.96. The molecule has 1 N–H and O–H groups in total. The summed E-state index contributed by atoms with van der Waals surface area (Å²) in [6.45, 7) is 5.79. The lowest BCUT2D eigenvalue weighted by Gasteiger charge is -2.16. The van der Waals surface area contributed by atoms with Crippen LogP contribution in [0.4, 0.5) is 5.69 Å². The van der Waals surface area contributed by atoms with Gasteiger partial charge in [-0.05, 0) is 61.7 Å². The molecule has 5 heteroatoms. The Morgan fingerprint density at radius 2 is 1.50 bits per heavy atom. The molecule has 0 spiro atoms. The summed E-state index contributed by atoms with van der Waals surface area (Å²) in [4.78, 5) is 24.9. The van der Waals surface area contributed by atoms with E-state index in [-0.39, 0.29) is 5.91 Å². The van der Waals surface area contributed by atoms with Crippen molar-refractivity contribution in [2.45, 2.75) is 33.5 Å². The molecule has 1 atom stereocenters. The topological polar surface area (TPSA) is 64.6 Å². The molecule has 30 heavy (non-hydrogen) atoms. The standard InChI is InChI=1S/C25H25NO4/c1-17-8-7-9-18(2)23(17)26-24(27)19(3)30-25(28)21-14-12-20(13-15-21)16-29-22-10-5-4-6-11-22/h4-15,19H,16H2,1-3H3,(H,26,27)/t19-/m0/s1. The summed E-state index contributed by atoms with van der Waals surface area (Å²) in [5.74, 6) is -0.131. The van der Waals surface area contributed by atoms with Gasteiger partial charge in [-0.15, -0.1) is 0 Å². The molecule has 0 radical (unpaired) electrons. The maximum atomic E-state index is 12.5. The van der Waals surface area contributed by atoms with Crippen molar-refractivity contribution >= 4 is 17.6 Å². The lowest BCUT2D eigenvalue weighted by Crippen LogP contribution is -2.30. The third-order valence-corrected chi connectivity index (χ3v) is 4.72. The highest BCUT2D eigenvalue weighted by Gasteiger charge is 2.20. The van der Waals surface area contributed by atoms with Crippen LogP contribution in [0.1, 0.15) is 34.0 Å². The summed E-state index contributed by atoms with van der Waals surface area (Å²) < 4.78 is 11.0. The molecule has 0 heterocycles. The third kappa shape index (κ3) is 5.47. The van der Waals surface area contributed by atoms with E-state index in [4.69, 9.17) is 9.47 Å². The Morgan fingerprint density at radius 1 is 0.867 bits per heavy atom. The van der Waals surface area contributed by atoms with Crippen molar-refractivity contribution in [1.29, 1.82) is 0 Å². The van der Waals surface area contributed by atoms with E-state index in [0.29, 0.717) is 12.2 Å². The van der Waals surface area contributed by atoms with Crippen LogP contribution in [0.5, 0.6) is 5.75 Å². The molecule has 3 aromatic carbocycles. The van der Waals surface area contributed by atoms with Gasteiger partial charge in [-0.2, -0.15) is 0 Å². The third-order valence-electron chi connectivity index (χ3n) is 4.72. The number of anilines is 1. The van der Waals surface area contributed by atoms with Crippen LogP contribution in [0.15, 0.2) is 72.8 Å². The van der Waals surface area contributed by atoms with Gasteiger partial charge in [-0.1, -0.05) is 48.5 Å². The van der Waals surface area contributed by atoms with Crippen LogP contribution in [0.3, 0.4) is 0 Å². The van der Waals surface area contributed by atoms with Gasteiger partial charge < -0.3 is 14.8 Å². The van der Waals surface area contributed by atoms with Crippen molar-refractivity contribution in [3.05, 3.63) is 95.1 Å². The number of rotatable bonds is 7. The van der Waals surface area contributed by atoms with Crippen molar-refractivity contribution in [3.8, 4) is 5.75 Å². The minimum Gasteiger partial charge on any atom is -0.489 e. The first-order chi connectivity index (χ1) is 14.4. The van der Waals surface area contributed by atoms with E-state index in [1.54, 1.807) is 31.2 Å². The predicted molar refractivity (Wildman–Crippen MR) is 117 cm³/mol. The Hall–Kier alpha value is -3.60. The molecule has 154 valence electrons. The maximum absolute atomic E-state index is 12.5. The number of benzene rings is 3. The summed E-state index contributed by atoms with van der Waals surface area (Å²) in [5, 5.41) is 2.84. The van der Waals surface area contributed by atoms with Crippen molar-refractivity contribution in [1.82, 2.24) is 0 Å². The zero-order chi connectivity index (χ0) is 21.5. The first-order valence-electron chi connectivity index (χ1n) is 9.79. The lowest BCUT2D eigenvalue weighted by atomic mass is 10.1. The largest absolute Gasteiger partial charge is 0.489 e. The van der Waals surface area contributed by atoms with E-state index in [1.165, 1.54) is 0 Å². The van der Waals surface area contributed by atoms with Gasteiger partial charge in [0.25, 0.3) is 5.91 Å². The average molecular weight is 403 g/mol. The highest BCUT2D eigenvalue weighted by molar-refractivity contribution is 5.98. The zero-order valence-corrected chi connectivity index (χ0v) is 17.3. The van der Waals surface area contributed by atoms with E-state index >= 15 is 0 Å². The molecule has 0 aliphatic rings. The molecule has 0 fully saturated rings. The fourth-order valence-corrected chi connectivity index (χ4v) is 2.94. The SMILES string of the molecule is Cc1cccc(C)c1NC(=O)[C@H](C)OC(=O)c1ccc(COc2ccccc2)cc1. The van der Waals surface area contributed by atoms with E-state index < -0.39 is 12.1 Å². The number of hydrogen-bond acceptors (Lipinski definition) is 4. The number of carbonyl (C=O) groups is 2. The average Bonchev–Trinajstić information content (AvgIpc) is 2.75. The lowest BCUT2D eigenvalue weighted by molar-refractivity contribution is -0.123. The number of nitrogens with one attached hydrogen (secondary N) is 1. The van der Waals surface area contributed by atoms with Gasteiger partial charge in [0.05, 0.1) is 5.56 Å². The second-order valence-electron chi connectivity index (χ2n) is 7.10.